The molecular weight excluding hydrogens is 214 g/mol. The number of carboxylic acid groups (broad SMARTS) is 1. The molecule has 1 unspecified atom stereocenters. The summed E-state index contributed by atoms with van der Waals surface area (Å²) in [5.74, 6) is -0.460. The van der Waals surface area contributed by atoms with E-state index in [9.17, 15) is 9.59 Å². The van der Waals surface area contributed by atoms with E-state index in [0.717, 1.165) is 0 Å². The van der Waals surface area contributed by atoms with Gasteiger partial charge in [-0.1, -0.05) is 5.16 Å². The number of carboxylic acids is 1. The van der Waals surface area contributed by atoms with Crippen molar-refractivity contribution in [1.29, 1.82) is 0 Å². The Morgan fingerprint density at radius 2 is 2.44 bits per heavy atom. The number of likely N-dealkylation sites (tertiary alicyclic amines) is 1. The third kappa shape index (κ3) is 1.88. The van der Waals surface area contributed by atoms with Gasteiger partial charge in [-0.25, -0.2) is 4.79 Å². The summed E-state index contributed by atoms with van der Waals surface area (Å²) >= 11 is 0. The Bertz CT molecular complexity index is 428. The van der Waals surface area contributed by atoms with Gasteiger partial charge in [0.05, 0.1) is 0 Å². The molecule has 1 N–H and O–H groups in total. The highest BCUT2D eigenvalue weighted by Gasteiger charge is 2.36. The minimum absolute atomic E-state index is 0.0661. The van der Waals surface area contributed by atoms with Crippen LogP contribution in [-0.4, -0.2) is 38.1 Å². The van der Waals surface area contributed by atoms with Crippen molar-refractivity contribution in [2.45, 2.75) is 32.4 Å². The summed E-state index contributed by atoms with van der Waals surface area (Å²) in [6.45, 7) is 1.73. The van der Waals surface area contributed by atoms with Crippen molar-refractivity contribution in [2.75, 3.05) is 0 Å². The fourth-order valence-electron chi connectivity index (χ4n) is 1.74. The Hall–Kier alpha value is -1.92. The van der Waals surface area contributed by atoms with Crippen molar-refractivity contribution in [2.24, 2.45) is 0 Å². The molecule has 2 heterocycles. The first-order chi connectivity index (χ1) is 7.58. The monoisotopic (exact) mass is 225 g/mol. The summed E-state index contributed by atoms with van der Waals surface area (Å²) in [7, 11) is 0. The van der Waals surface area contributed by atoms with Crippen molar-refractivity contribution in [1.82, 2.24) is 15.0 Å². The van der Waals surface area contributed by atoms with Crippen LogP contribution in [0.15, 0.2) is 4.52 Å². The standard InChI is InChI=1S/C9H11N3O4/c1-5-10-7(16-11-5)4-12-6(9(14)15)2-3-8(12)13/h6H,2-4H2,1H3,(H,14,15). The highest BCUT2D eigenvalue weighted by Crippen LogP contribution is 2.21. The van der Waals surface area contributed by atoms with Crippen molar-refractivity contribution in [3.63, 3.8) is 0 Å². The van der Waals surface area contributed by atoms with E-state index >= 15 is 0 Å². The minimum Gasteiger partial charge on any atom is -0.480 e. The lowest BCUT2D eigenvalue weighted by Gasteiger charge is -2.18. The molecule has 1 aromatic heterocycles. The molecule has 1 atom stereocenters. The highest BCUT2D eigenvalue weighted by molar-refractivity contribution is 5.87. The largest absolute Gasteiger partial charge is 0.480 e. The van der Waals surface area contributed by atoms with E-state index in [0.29, 0.717) is 12.2 Å². The average molecular weight is 225 g/mol. The first-order valence-corrected chi connectivity index (χ1v) is 4.89. The van der Waals surface area contributed by atoms with E-state index in [1.54, 1.807) is 6.92 Å². The second-order valence-corrected chi connectivity index (χ2v) is 3.65. The quantitative estimate of drug-likeness (QED) is 0.774. The van der Waals surface area contributed by atoms with Crippen LogP contribution in [0.2, 0.25) is 0 Å². The van der Waals surface area contributed by atoms with Gasteiger partial charge in [-0.3, -0.25) is 4.79 Å². The molecule has 2 rings (SSSR count). The van der Waals surface area contributed by atoms with Crippen LogP contribution < -0.4 is 0 Å². The minimum atomic E-state index is -0.998. The third-order valence-electron chi connectivity index (χ3n) is 2.49. The molecule has 0 spiro atoms. The van der Waals surface area contributed by atoms with Crippen LogP contribution in [0.3, 0.4) is 0 Å². The Morgan fingerprint density at radius 3 is 3.00 bits per heavy atom. The van der Waals surface area contributed by atoms with E-state index in [4.69, 9.17) is 9.63 Å². The predicted octanol–water partition coefficient (Wildman–Crippen LogP) is -0.0464. The van der Waals surface area contributed by atoms with Crippen LogP contribution in [0, 0.1) is 6.92 Å². The van der Waals surface area contributed by atoms with Crippen LogP contribution in [0.1, 0.15) is 24.6 Å². The predicted molar refractivity (Wildman–Crippen MR) is 50.2 cm³/mol. The lowest BCUT2D eigenvalue weighted by molar-refractivity contribution is -0.146. The molecule has 16 heavy (non-hydrogen) atoms. The molecule has 0 bridgehead atoms. The van der Waals surface area contributed by atoms with Gasteiger partial charge >= 0.3 is 5.97 Å². The molecule has 86 valence electrons. The molecule has 1 aliphatic heterocycles. The molecule has 0 aliphatic carbocycles. The number of carbonyl (C=O) groups excluding carboxylic acids is 1. The van der Waals surface area contributed by atoms with Crippen LogP contribution in [0.5, 0.6) is 0 Å². The van der Waals surface area contributed by atoms with Gasteiger partial charge in [0.25, 0.3) is 0 Å². The van der Waals surface area contributed by atoms with Gasteiger partial charge < -0.3 is 14.5 Å². The molecule has 1 fully saturated rings. The van der Waals surface area contributed by atoms with E-state index in [-0.39, 0.29) is 24.8 Å². The number of nitrogens with zero attached hydrogens (tertiary/aromatic N) is 3. The van der Waals surface area contributed by atoms with Crippen molar-refractivity contribution in [3.8, 4) is 0 Å². The topological polar surface area (TPSA) is 96.5 Å². The molecule has 0 saturated carbocycles. The molecule has 7 nitrogen and oxygen atoms in total. The zero-order valence-corrected chi connectivity index (χ0v) is 8.71. The highest BCUT2D eigenvalue weighted by atomic mass is 16.5. The summed E-state index contributed by atoms with van der Waals surface area (Å²) in [5, 5.41) is 12.5. The fraction of sp³-hybridized carbons (Fsp3) is 0.556. The summed E-state index contributed by atoms with van der Waals surface area (Å²) in [4.78, 5) is 27.6. The Morgan fingerprint density at radius 1 is 1.69 bits per heavy atom. The molecule has 1 aromatic rings. The molecule has 1 amide bonds. The van der Waals surface area contributed by atoms with Gasteiger partial charge in [0.1, 0.15) is 12.6 Å². The zero-order valence-electron chi connectivity index (χ0n) is 8.71. The number of aryl methyl sites for hydroxylation is 1. The van der Waals surface area contributed by atoms with E-state index in [2.05, 4.69) is 10.1 Å². The molecule has 7 heteroatoms. The number of rotatable bonds is 3. The maximum Gasteiger partial charge on any atom is 0.326 e. The second kappa shape index (κ2) is 3.92. The third-order valence-corrected chi connectivity index (χ3v) is 2.49. The molecule has 0 radical (unpaired) electrons. The van der Waals surface area contributed by atoms with Gasteiger partial charge in [-0.15, -0.1) is 0 Å². The Kier molecular flexibility index (Phi) is 2.59. The number of aromatic nitrogens is 2. The summed E-state index contributed by atoms with van der Waals surface area (Å²) in [6.07, 6.45) is 0.589. The summed E-state index contributed by atoms with van der Waals surface area (Å²) in [6, 6.07) is -0.778. The van der Waals surface area contributed by atoms with Gasteiger partial charge in [-0.05, 0) is 13.3 Å². The normalized spacial score (nSPS) is 20.4. The number of hydrogen-bond donors (Lipinski definition) is 1. The zero-order chi connectivity index (χ0) is 11.7. The lowest BCUT2D eigenvalue weighted by atomic mass is 10.2. The van der Waals surface area contributed by atoms with Crippen molar-refractivity contribution < 1.29 is 19.2 Å². The SMILES string of the molecule is Cc1noc(CN2C(=O)CCC2C(=O)O)n1. The number of amides is 1. The Balaban J connectivity index is 2.12. The number of carbonyl (C=O) groups is 2. The first-order valence-electron chi connectivity index (χ1n) is 4.89. The first kappa shape index (κ1) is 10.6. The van der Waals surface area contributed by atoms with E-state index in [1.165, 1.54) is 4.90 Å². The molecule has 0 aromatic carbocycles. The number of hydrogen-bond acceptors (Lipinski definition) is 5. The van der Waals surface area contributed by atoms with Crippen LogP contribution in [0.25, 0.3) is 0 Å². The van der Waals surface area contributed by atoms with E-state index in [1.807, 2.05) is 0 Å². The lowest BCUT2D eigenvalue weighted by Crippen LogP contribution is -2.37. The second-order valence-electron chi connectivity index (χ2n) is 3.65. The maximum absolute atomic E-state index is 11.5. The smallest absolute Gasteiger partial charge is 0.326 e. The van der Waals surface area contributed by atoms with Crippen molar-refractivity contribution >= 4 is 11.9 Å². The molecular formula is C9H11N3O4. The van der Waals surface area contributed by atoms with Gasteiger partial charge in [0.2, 0.25) is 11.8 Å². The summed E-state index contributed by atoms with van der Waals surface area (Å²) < 4.78 is 4.85. The molecule has 1 aliphatic rings. The molecule has 1 saturated heterocycles. The van der Waals surface area contributed by atoms with Gasteiger partial charge in [-0.2, -0.15) is 4.98 Å². The van der Waals surface area contributed by atoms with Crippen LogP contribution in [-0.2, 0) is 16.1 Å². The van der Waals surface area contributed by atoms with Crippen LogP contribution in [0.4, 0.5) is 0 Å². The fourth-order valence-corrected chi connectivity index (χ4v) is 1.74. The van der Waals surface area contributed by atoms with E-state index < -0.39 is 12.0 Å². The number of aliphatic carboxylic acids is 1. The average Bonchev–Trinajstić information content (AvgIpc) is 2.76. The van der Waals surface area contributed by atoms with Gasteiger partial charge in [0, 0.05) is 6.42 Å². The Labute approximate surface area is 91.0 Å². The van der Waals surface area contributed by atoms with Crippen molar-refractivity contribution in [3.05, 3.63) is 11.7 Å². The maximum atomic E-state index is 11.5. The van der Waals surface area contributed by atoms with Gasteiger partial charge in [0.15, 0.2) is 5.82 Å². The summed E-state index contributed by atoms with van der Waals surface area (Å²) in [5.41, 5.74) is 0. The van der Waals surface area contributed by atoms with Crippen LogP contribution >= 0.6 is 0 Å².